The fourth-order valence-corrected chi connectivity index (χ4v) is 6.88. The van der Waals surface area contributed by atoms with E-state index >= 15 is 0 Å². The molecule has 44 heavy (non-hydrogen) atoms. The Morgan fingerprint density at radius 2 is 1.73 bits per heavy atom. The number of benzene rings is 4. The van der Waals surface area contributed by atoms with Crippen molar-refractivity contribution >= 4 is 57.3 Å². The molecular formula is C33H23ClFN3O4S2. The van der Waals surface area contributed by atoms with Gasteiger partial charge in [-0.3, -0.25) is 14.5 Å². The van der Waals surface area contributed by atoms with Crippen LogP contribution in [0, 0.1) is 12.7 Å². The number of anilines is 1. The number of halogens is 2. The highest BCUT2D eigenvalue weighted by Gasteiger charge is 2.48. The van der Waals surface area contributed by atoms with E-state index in [-0.39, 0.29) is 16.3 Å². The minimum Gasteiger partial charge on any atom is -0.507 e. The zero-order valence-corrected chi connectivity index (χ0v) is 25.5. The quantitative estimate of drug-likeness (QED) is 0.0597. The SMILES string of the molecule is Cc1ccc(C(O)=C2C(=O)C(=O)N(c3nnc(SCc4ccccc4Cl)s3)C2c2cccc(Oc3ccccc3)c2)cc1F. The van der Waals surface area contributed by atoms with Crippen LogP contribution in [0.15, 0.2) is 107 Å². The third-order valence-electron chi connectivity index (χ3n) is 6.95. The first-order valence-corrected chi connectivity index (χ1v) is 15.6. The predicted octanol–water partition coefficient (Wildman–Crippen LogP) is 8.35. The van der Waals surface area contributed by atoms with E-state index in [1.165, 1.54) is 28.8 Å². The van der Waals surface area contributed by atoms with Crippen LogP contribution in [0.4, 0.5) is 9.52 Å². The van der Waals surface area contributed by atoms with Crippen molar-refractivity contribution in [3.8, 4) is 11.5 Å². The van der Waals surface area contributed by atoms with E-state index < -0.39 is 29.3 Å². The molecular weight excluding hydrogens is 621 g/mol. The van der Waals surface area contributed by atoms with Gasteiger partial charge in [-0.2, -0.15) is 0 Å². The van der Waals surface area contributed by atoms with Crippen molar-refractivity contribution in [1.82, 2.24) is 10.2 Å². The summed E-state index contributed by atoms with van der Waals surface area (Å²) in [6, 6.07) is 26.5. The molecule has 0 radical (unpaired) electrons. The summed E-state index contributed by atoms with van der Waals surface area (Å²) in [7, 11) is 0. The molecule has 7 nitrogen and oxygen atoms in total. The van der Waals surface area contributed by atoms with Gasteiger partial charge in [0.25, 0.3) is 5.78 Å². The highest BCUT2D eigenvalue weighted by atomic mass is 35.5. The van der Waals surface area contributed by atoms with Gasteiger partial charge in [0.15, 0.2) is 4.34 Å². The molecule has 6 rings (SSSR count). The Bertz CT molecular complexity index is 1910. The molecule has 0 saturated carbocycles. The van der Waals surface area contributed by atoms with Gasteiger partial charge in [0, 0.05) is 16.3 Å². The molecule has 1 aromatic heterocycles. The minimum absolute atomic E-state index is 0.0704. The second-order valence-corrected chi connectivity index (χ2v) is 12.4. The molecule has 0 spiro atoms. The van der Waals surface area contributed by atoms with Gasteiger partial charge < -0.3 is 9.84 Å². The molecule has 0 aliphatic carbocycles. The minimum atomic E-state index is -1.09. The third kappa shape index (κ3) is 5.96. The van der Waals surface area contributed by atoms with Crippen molar-refractivity contribution in [2.24, 2.45) is 0 Å². The van der Waals surface area contributed by atoms with Crippen LogP contribution in [0.25, 0.3) is 5.76 Å². The van der Waals surface area contributed by atoms with Crippen molar-refractivity contribution in [2.45, 2.75) is 23.1 Å². The number of ether oxygens (including phenoxy) is 1. The number of hydrogen-bond acceptors (Lipinski definition) is 8. The van der Waals surface area contributed by atoms with Gasteiger partial charge in [-0.1, -0.05) is 95.4 Å². The maximum Gasteiger partial charge on any atom is 0.301 e. The summed E-state index contributed by atoms with van der Waals surface area (Å²) in [4.78, 5) is 28.4. The number of aliphatic hydroxyl groups excluding tert-OH is 1. The first-order chi connectivity index (χ1) is 21.3. The van der Waals surface area contributed by atoms with Crippen LogP contribution >= 0.6 is 34.7 Å². The van der Waals surface area contributed by atoms with Crippen LogP contribution < -0.4 is 9.64 Å². The zero-order valence-electron chi connectivity index (χ0n) is 23.1. The van der Waals surface area contributed by atoms with Crippen LogP contribution in [0.2, 0.25) is 5.02 Å². The molecule has 1 N–H and O–H groups in total. The van der Waals surface area contributed by atoms with Crippen LogP contribution in [-0.2, 0) is 15.3 Å². The smallest absolute Gasteiger partial charge is 0.301 e. The number of nitrogens with zero attached hydrogens (tertiary/aromatic N) is 3. The summed E-state index contributed by atoms with van der Waals surface area (Å²) in [5.74, 6) is -1.30. The topological polar surface area (TPSA) is 92.6 Å². The number of aromatic nitrogens is 2. The lowest BCUT2D eigenvalue weighted by molar-refractivity contribution is -0.132. The molecule has 220 valence electrons. The monoisotopic (exact) mass is 643 g/mol. The highest BCUT2D eigenvalue weighted by molar-refractivity contribution is 8.00. The van der Waals surface area contributed by atoms with E-state index in [2.05, 4.69) is 10.2 Å². The third-order valence-corrected chi connectivity index (χ3v) is 9.43. The fourth-order valence-electron chi connectivity index (χ4n) is 4.73. The first-order valence-electron chi connectivity index (χ1n) is 13.4. The van der Waals surface area contributed by atoms with Gasteiger partial charge in [0.05, 0.1) is 11.6 Å². The van der Waals surface area contributed by atoms with E-state index in [1.807, 2.05) is 36.4 Å². The second kappa shape index (κ2) is 12.6. The Morgan fingerprint density at radius 3 is 2.50 bits per heavy atom. The number of aryl methyl sites for hydroxylation is 1. The van der Waals surface area contributed by atoms with Gasteiger partial charge in [-0.25, -0.2) is 4.39 Å². The van der Waals surface area contributed by atoms with Crippen LogP contribution in [0.3, 0.4) is 0 Å². The normalized spacial score (nSPS) is 16.0. The molecule has 0 bridgehead atoms. The van der Waals surface area contributed by atoms with Gasteiger partial charge in [-0.15, -0.1) is 10.2 Å². The fraction of sp³-hybridized carbons (Fsp3) is 0.0909. The summed E-state index contributed by atoms with van der Waals surface area (Å²) < 4.78 is 21.1. The molecule has 1 saturated heterocycles. The van der Waals surface area contributed by atoms with Gasteiger partial charge >= 0.3 is 5.91 Å². The summed E-state index contributed by atoms with van der Waals surface area (Å²) in [6.45, 7) is 1.59. The molecule has 1 aliphatic heterocycles. The Kier molecular flexibility index (Phi) is 8.47. The maximum atomic E-state index is 14.5. The summed E-state index contributed by atoms with van der Waals surface area (Å²) in [5, 5.41) is 20.7. The van der Waals surface area contributed by atoms with E-state index in [4.69, 9.17) is 16.3 Å². The number of aliphatic hydroxyl groups is 1. The largest absolute Gasteiger partial charge is 0.507 e. The molecule has 1 amide bonds. The van der Waals surface area contributed by atoms with Crippen molar-refractivity contribution in [2.75, 3.05) is 4.90 Å². The molecule has 1 atom stereocenters. The lowest BCUT2D eigenvalue weighted by atomic mass is 9.95. The van der Waals surface area contributed by atoms with Crippen molar-refractivity contribution in [1.29, 1.82) is 0 Å². The first kappa shape index (κ1) is 29.6. The van der Waals surface area contributed by atoms with Crippen molar-refractivity contribution < 1.29 is 23.8 Å². The molecule has 1 aliphatic rings. The average Bonchev–Trinajstić information content (AvgIpc) is 3.60. The Morgan fingerprint density at radius 1 is 0.977 bits per heavy atom. The van der Waals surface area contributed by atoms with Crippen LogP contribution in [0.5, 0.6) is 11.5 Å². The number of para-hydroxylation sites is 1. The molecule has 5 aromatic rings. The number of ketones is 1. The number of hydrogen-bond donors (Lipinski definition) is 1. The van der Waals surface area contributed by atoms with Crippen LogP contribution in [0.1, 0.15) is 28.3 Å². The molecule has 1 fully saturated rings. The number of rotatable bonds is 8. The lowest BCUT2D eigenvalue weighted by Gasteiger charge is -2.23. The predicted molar refractivity (Wildman–Crippen MR) is 170 cm³/mol. The molecule has 2 heterocycles. The van der Waals surface area contributed by atoms with E-state index in [1.54, 1.807) is 49.4 Å². The second-order valence-electron chi connectivity index (χ2n) is 9.85. The standard InChI is InChI=1S/C33H23ClFN3O4S2/c1-19-14-15-21(17-26(19)35)29(39)27-28(20-9-7-12-24(16-20)42-23-10-3-2-4-11-23)38(31(41)30(27)40)32-36-37-33(44-32)43-18-22-8-5-6-13-25(22)34/h2-17,28,39H,18H2,1H3. The summed E-state index contributed by atoms with van der Waals surface area (Å²) in [5.41, 5.74) is 1.64. The van der Waals surface area contributed by atoms with Gasteiger partial charge in [0.2, 0.25) is 5.13 Å². The van der Waals surface area contributed by atoms with E-state index in [9.17, 15) is 19.1 Å². The van der Waals surface area contributed by atoms with Crippen molar-refractivity contribution in [3.63, 3.8) is 0 Å². The van der Waals surface area contributed by atoms with E-state index in [0.717, 1.165) is 23.0 Å². The summed E-state index contributed by atoms with van der Waals surface area (Å²) >= 11 is 8.83. The van der Waals surface area contributed by atoms with Gasteiger partial charge in [0.1, 0.15) is 23.1 Å². The summed E-state index contributed by atoms with van der Waals surface area (Å²) in [6.07, 6.45) is 0. The van der Waals surface area contributed by atoms with Crippen molar-refractivity contribution in [3.05, 3.63) is 136 Å². The van der Waals surface area contributed by atoms with Gasteiger partial charge in [-0.05, 0) is 60.0 Å². The highest BCUT2D eigenvalue weighted by Crippen LogP contribution is 2.45. The van der Waals surface area contributed by atoms with Crippen LogP contribution in [-0.4, -0.2) is 27.0 Å². The molecule has 11 heteroatoms. The number of carbonyl (C=O) groups is 2. The average molecular weight is 644 g/mol. The zero-order chi connectivity index (χ0) is 30.8. The Balaban J connectivity index is 1.41. The maximum absolute atomic E-state index is 14.5. The molecule has 1 unspecified atom stereocenters. The number of carbonyl (C=O) groups excluding carboxylic acids is 2. The Hall–Kier alpha value is -4.51. The Labute approximate surface area is 265 Å². The number of Topliss-reactive ketones (excluding diaryl/α,β-unsaturated/α-hetero) is 1. The number of amides is 1. The lowest BCUT2D eigenvalue weighted by Crippen LogP contribution is -2.29. The molecule has 4 aromatic carbocycles. The van der Waals surface area contributed by atoms with E-state index in [0.29, 0.717) is 37.7 Å². The number of thioether (sulfide) groups is 1.